The molecular formula is C6H11BO2. The minimum absolute atomic E-state index is 0.144. The van der Waals surface area contributed by atoms with Crippen molar-refractivity contribution in [2.75, 3.05) is 0 Å². The van der Waals surface area contributed by atoms with Gasteiger partial charge in [0, 0.05) is 6.10 Å². The van der Waals surface area contributed by atoms with Gasteiger partial charge in [0.05, 0.1) is 0 Å². The first-order valence-electron chi connectivity index (χ1n) is 3.22. The fraction of sp³-hybridized carbons (Fsp3) is 0.667. The van der Waals surface area contributed by atoms with Gasteiger partial charge in [-0.2, -0.15) is 0 Å². The third kappa shape index (κ3) is 1.56. The number of rotatable bonds is 0. The Kier molecular flexibility index (Phi) is 1.93. The second-order valence-corrected chi connectivity index (χ2v) is 2.48. The van der Waals surface area contributed by atoms with Crippen molar-refractivity contribution in [3.05, 3.63) is 12.1 Å². The maximum Gasteiger partial charge on any atom is 0.483 e. The Morgan fingerprint density at radius 2 is 2.22 bits per heavy atom. The molecule has 1 rings (SSSR count). The summed E-state index contributed by atoms with van der Waals surface area (Å²) in [6.45, 7) is 4.02. The van der Waals surface area contributed by atoms with Crippen LogP contribution < -0.4 is 0 Å². The molecule has 2 unspecified atom stereocenters. The van der Waals surface area contributed by atoms with Gasteiger partial charge < -0.3 is 9.68 Å². The zero-order valence-corrected chi connectivity index (χ0v) is 5.74. The summed E-state index contributed by atoms with van der Waals surface area (Å²) in [5.41, 5.74) is 0. The lowest BCUT2D eigenvalue weighted by molar-refractivity contribution is 0.149. The van der Waals surface area contributed by atoms with Gasteiger partial charge in [0.2, 0.25) is 0 Å². The van der Waals surface area contributed by atoms with E-state index in [9.17, 15) is 0 Å². The first kappa shape index (κ1) is 6.84. The fourth-order valence-corrected chi connectivity index (χ4v) is 0.816. The molecule has 2 atom stereocenters. The molecule has 50 valence electrons. The Morgan fingerprint density at radius 1 is 1.56 bits per heavy atom. The van der Waals surface area contributed by atoms with Gasteiger partial charge >= 0.3 is 7.12 Å². The molecule has 0 aromatic rings. The first-order valence-corrected chi connectivity index (χ1v) is 3.22. The van der Waals surface area contributed by atoms with E-state index >= 15 is 0 Å². The van der Waals surface area contributed by atoms with Crippen LogP contribution in [-0.4, -0.2) is 18.2 Å². The van der Waals surface area contributed by atoms with E-state index in [0.717, 1.165) is 0 Å². The van der Waals surface area contributed by atoms with E-state index in [0.29, 0.717) is 5.92 Å². The van der Waals surface area contributed by atoms with Crippen molar-refractivity contribution in [3.8, 4) is 0 Å². The van der Waals surface area contributed by atoms with Crippen molar-refractivity contribution in [1.82, 2.24) is 0 Å². The minimum Gasteiger partial charge on any atom is -0.423 e. The zero-order chi connectivity index (χ0) is 6.85. The van der Waals surface area contributed by atoms with Crippen LogP contribution in [0.25, 0.3) is 0 Å². The van der Waals surface area contributed by atoms with Gasteiger partial charge in [0.1, 0.15) is 0 Å². The lowest BCUT2D eigenvalue weighted by atomic mass is 9.83. The highest BCUT2D eigenvalue weighted by molar-refractivity contribution is 6.49. The lowest BCUT2D eigenvalue weighted by Crippen LogP contribution is -2.30. The summed E-state index contributed by atoms with van der Waals surface area (Å²) in [5, 5.41) is 8.89. The molecule has 0 fully saturated rings. The largest absolute Gasteiger partial charge is 0.483 e. The van der Waals surface area contributed by atoms with E-state index in [1.165, 1.54) is 0 Å². The Hall–Kier alpha value is -0.275. The molecule has 3 heteroatoms. The quantitative estimate of drug-likeness (QED) is 0.482. The maximum atomic E-state index is 8.89. The van der Waals surface area contributed by atoms with Crippen molar-refractivity contribution in [1.29, 1.82) is 0 Å². The molecule has 0 aromatic carbocycles. The standard InChI is InChI=1S/C6H11BO2/c1-5-3-4-7(8)9-6(5)2/h3-6,8H,1-2H3. The highest BCUT2D eigenvalue weighted by atomic mass is 16.5. The molecule has 2 nitrogen and oxygen atoms in total. The topological polar surface area (TPSA) is 29.5 Å². The number of hydrogen-bond acceptors (Lipinski definition) is 2. The number of hydrogen-bond donors (Lipinski definition) is 1. The van der Waals surface area contributed by atoms with Crippen molar-refractivity contribution >= 4 is 7.12 Å². The summed E-state index contributed by atoms with van der Waals surface area (Å²) in [5.74, 6) is 2.10. The predicted molar refractivity (Wildman–Crippen MR) is 36.8 cm³/mol. The van der Waals surface area contributed by atoms with Crippen LogP contribution in [0.4, 0.5) is 0 Å². The summed E-state index contributed by atoms with van der Waals surface area (Å²) in [6.07, 6.45) is 2.11. The monoisotopic (exact) mass is 126 g/mol. The van der Waals surface area contributed by atoms with Crippen LogP contribution in [0.3, 0.4) is 0 Å². The van der Waals surface area contributed by atoms with Crippen molar-refractivity contribution in [2.45, 2.75) is 20.0 Å². The zero-order valence-electron chi connectivity index (χ0n) is 5.74. The third-order valence-electron chi connectivity index (χ3n) is 1.67. The average Bonchev–Trinajstić information content (AvgIpc) is 1.80. The van der Waals surface area contributed by atoms with Gasteiger partial charge in [-0.1, -0.05) is 19.0 Å². The first-order chi connectivity index (χ1) is 4.20. The van der Waals surface area contributed by atoms with Crippen LogP contribution in [0.2, 0.25) is 0 Å². The van der Waals surface area contributed by atoms with Gasteiger partial charge in [0.15, 0.2) is 0 Å². The molecule has 1 aliphatic rings. The molecule has 0 amide bonds. The smallest absolute Gasteiger partial charge is 0.423 e. The average molecular weight is 126 g/mol. The van der Waals surface area contributed by atoms with Gasteiger partial charge in [-0.15, -0.1) is 0 Å². The van der Waals surface area contributed by atoms with E-state index < -0.39 is 7.12 Å². The maximum absolute atomic E-state index is 8.89. The summed E-state index contributed by atoms with van der Waals surface area (Å²) in [7, 11) is -0.684. The Bertz CT molecular complexity index is 124. The normalized spacial score (nSPS) is 35.2. The van der Waals surface area contributed by atoms with Crippen molar-refractivity contribution < 1.29 is 9.68 Å². The fourth-order valence-electron chi connectivity index (χ4n) is 0.816. The Balaban J connectivity index is 2.54. The molecule has 0 spiro atoms. The van der Waals surface area contributed by atoms with Gasteiger partial charge in [0.25, 0.3) is 0 Å². The molecule has 9 heavy (non-hydrogen) atoms. The van der Waals surface area contributed by atoms with Crippen LogP contribution in [0.1, 0.15) is 13.8 Å². The highest BCUT2D eigenvalue weighted by Gasteiger charge is 2.21. The predicted octanol–water partition coefficient (Wildman–Crippen LogP) is 0.617. The summed E-state index contributed by atoms with van der Waals surface area (Å²) < 4.78 is 5.07. The molecule has 1 N–H and O–H groups in total. The Labute approximate surface area is 55.7 Å². The Morgan fingerprint density at radius 3 is 2.67 bits per heavy atom. The molecule has 0 bridgehead atoms. The third-order valence-corrected chi connectivity index (χ3v) is 1.67. The van der Waals surface area contributed by atoms with Crippen LogP contribution in [0.15, 0.2) is 12.1 Å². The van der Waals surface area contributed by atoms with Crippen LogP contribution in [0, 0.1) is 5.92 Å². The lowest BCUT2D eigenvalue weighted by Gasteiger charge is -2.22. The van der Waals surface area contributed by atoms with Gasteiger partial charge in [-0.05, 0) is 12.8 Å². The van der Waals surface area contributed by atoms with Gasteiger partial charge in [-0.3, -0.25) is 0 Å². The summed E-state index contributed by atoms with van der Waals surface area (Å²) >= 11 is 0. The molecule has 0 saturated carbocycles. The summed E-state index contributed by atoms with van der Waals surface area (Å²) in [6, 6.07) is 0. The van der Waals surface area contributed by atoms with Crippen molar-refractivity contribution in [2.24, 2.45) is 5.92 Å². The summed E-state index contributed by atoms with van der Waals surface area (Å²) in [4.78, 5) is 0. The SMILES string of the molecule is CC1C=CB(O)OC1C. The molecule has 0 radical (unpaired) electrons. The van der Waals surface area contributed by atoms with E-state index in [4.69, 9.17) is 9.68 Å². The minimum atomic E-state index is -0.684. The van der Waals surface area contributed by atoms with Crippen molar-refractivity contribution in [3.63, 3.8) is 0 Å². The van der Waals surface area contributed by atoms with E-state index in [1.807, 2.05) is 13.0 Å². The second kappa shape index (κ2) is 2.54. The van der Waals surface area contributed by atoms with Crippen LogP contribution in [0.5, 0.6) is 0 Å². The highest BCUT2D eigenvalue weighted by Crippen LogP contribution is 2.13. The van der Waals surface area contributed by atoms with E-state index in [2.05, 4.69) is 6.92 Å². The van der Waals surface area contributed by atoms with Crippen LogP contribution in [-0.2, 0) is 4.65 Å². The molecule has 0 saturated heterocycles. The van der Waals surface area contributed by atoms with E-state index in [-0.39, 0.29) is 6.10 Å². The molecule has 1 aliphatic heterocycles. The van der Waals surface area contributed by atoms with Gasteiger partial charge in [-0.25, -0.2) is 0 Å². The van der Waals surface area contributed by atoms with E-state index in [1.54, 1.807) is 5.98 Å². The van der Waals surface area contributed by atoms with Crippen LogP contribution >= 0.6 is 0 Å². The second-order valence-electron chi connectivity index (χ2n) is 2.48. The molecule has 0 aromatic heterocycles. The molecule has 1 heterocycles. The molecule has 0 aliphatic carbocycles. The molecular weight excluding hydrogens is 115 g/mol.